The third kappa shape index (κ3) is 2.48. The van der Waals surface area contributed by atoms with Crippen molar-refractivity contribution in [2.24, 2.45) is 5.92 Å². The maximum Gasteiger partial charge on any atom is 0.256 e. The second kappa shape index (κ2) is 4.47. The van der Waals surface area contributed by atoms with Crippen LogP contribution < -0.4 is 5.32 Å². The van der Waals surface area contributed by atoms with Crippen molar-refractivity contribution in [1.82, 2.24) is 14.9 Å². The predicted molar refractivity (Wildman–Crippen MR) is 61.3 cm³/mol. The number of nitrogens with zero attached hydrogens (tertiary/aromatic N) is 3. The molecule has 86 valence electrons. The van der Waals surface area contributed by atoms with Crippen molar-refractivity contribution in [3.8, 4) is 0 Å². The normalized spacial score (nSPS) is 14.6. The van der Waals surface area contributed by atoms with E-state index < -0.39 is 0 Å². The number of carbonyl (C=O) groups is 1. The average molecular weight is 220 g/mol. The first-order chi connectivity index (χ1) is 7.70. The van der Waals surface area contributed by atoms with Crippen molar-refractivity contribution < 1.29 is 4.79 Å². The van der Waals surface area contributed by atoms with Gasteiger partial charge in [0.2, 0.25) is 5.95 Å². The van der Waals surface area contributed by atoms with E-state index in [0.29, 0.717) is 17.4 Å². The Morgan fingerprint density at radius 3 is 2.62 bits per heavy atom. The molecule has 1 N–H and O–H groups in total. The van der Waals surface area contributed by atoms with Crippen molar-refractivity contribution >= 4 is 11.9 Å². The van der Waals surface area contributed by atoms with Gasteiger partial charge in [0, 0.05) is 33.0 Å². The van der Waals surface area contributed by atoms with Crippen LogP contribution in [0.5, 0.6) is 0 Å². The highest BCUT2D eigenvalue weighted by molar-refractivity contribution is 5.93. The van der Waals surface area contributed by atoms with Crippen molar-refractivity contribution in [3.63, 3.8) is 0 Å². The molecule has 5 nitrogen and oxygen atoms in total. The topological polar surface area (TPSA) is 58.1 Å². The zero-order valence-electron chi connectivity index (χ0n) is 9.60. The standard InChI is InChI=1S/C11H16N4O/c1-12-11-13-5-9(6-14-11)10(16)15(2)7-8-3-4-8/h5-6,8H,3-4,7H2,1-2H3,(H,12,13,14). The molecular formula is C11H16N4O. The smallest absolute Gasteiger partial charge is 0.256 e. The van der Waals surface area contributed by atoms with E-state index in [9.17, 15) is 4.79 Å². The first-order valence-corrected chi connectivity index (χ1v) is 5.46. The zero-order chi connectivity index (χ0) is 11.5. The van der Waals surface area contributed by atoms with Gasteiger partial charge >= 0.3 is 0 Å². The van der Waals surface area contributed by atoms with Crippen molar-refractivity contribution in [2.45, 2.75) is 12.8 Å². The number of aromatic nitrogens is 2. The fourth-order valence-corrected chi connectivity index (χ4v) is 1.56. The van der Waals surface area contributed by atoms with Crippen molar-refractivity contribution in [3.05, 3.63) is 18.0 Å². The minimum atomic E-state index is -0.00504. The number of anilines is 1. The van der Waals surface area contributed by atoms with Crippen molar-refractivity contribution in [1.29, 1.82) is 0 Å². The van der Waals surface area contributed by atoms with Gasteiger partial charge < -0.3 is 10.2 Å². The van der Waals surface area contributed by atoms with E-state index in [1.165, 1.54) is 12.8 Å². The van der Waals surface area contributed by atoms with Gasteiger partial charge in [-0.1, -0.05) is 0 Å². The third-order valence-corrected chi connectivity index (χ3v) is 2.70. The molecule has 1 aliphatic carbocycles. The molecule has 0 aliphatic heterocycles. The van der Waals surface area contributed by atoms with Gasteiger partial charge in [-0.05, 0) is 18.8 Å². The summed E-state index contributed by atoms with van der Waals surface area (Å²) in [5, 5.41) is 2.82. The van der Waals surface area contributed by atoms with E-state index in [4.69, 9.17) is 0 Å². The van der Waals surface area contributed by atoms with E-state index >= 15 is 0 Å². The lowest BCUT2D eigenvalue weighted by atomic mass is 10.3. The minimum Gasteiger partial charge on any atom is -0.357 e. The average Bonchev–Trinajstić information content (AvgIpc) is 3.12. The summed E-state index contributed by atoms with van der Waals surface area (Å²) in [6.45, 7) is 0.840. The minimum absolute atomic E-state index is 0.00504. The molecule has 0 atom stereocenters. The fraction of sp³-hybridized carbons (Fsp3) is 0.545. The van der Waals surface area contributed by atoms with Crippen LogP contribution in [0.4, 0.5) is 5.95 Å². The largest absolute Gasteiger partial charge is 0.357 e. The molecule has 0 radical (unpaired) electrons. The highest BCUT2D eigenvalue weighted by Gasteiger charge is 2.25. The lowest BCUT2D eigenvalue weighted by Crippen LogP contribution is -2.29. The summed E-state index contributed by atoms with van der Waals surface area (Å²) < 4.78 is 0. The molecular weight excluding hydrogens is 204 g/mol. The number of hydrogen-bond donors (Lipinski definition) is 1. The Hall–Kier alpha value is -1.65. The molecule has 0 aromatic carbocycles. The second-order valence-electron chi connectivity index (χ2n) is 4.17. The number of hydrogen-bond acceptors (Lipinski definition) is 4. The SMILES string of the molecule is CNc1ncc(C(=O)N(C)CC2CC2)cn1. The summed E-state index contributed by atoms with van der Waals surface area (Å²) in [5.74, 6) is 1.22. The Balaban J connectivity index is 2.00. The van der Waals surface area contributed by atoms with Gasteiger partial charge in [-0.2, -0.15) is 0 Å². The first kappa shape index (κ1) is 10.9. The van der Waals surface area contributed by atoms with Gasteiger partial charge in [-0.15, -0.1) is 0 Å². The number of carbonyl (C=O) groups excluding carboxylic acids is 1. The summed E-state index contributed by atoms with van der Waals surface area (Å²) in [6, 6.07) is 0. The van der Waals surface area contributed by atoms with E-state index in [1.54, 1.807) is 24.3 Å². The van der Waals surface area contributed by atoms with Gasteiger partial charge in [-0.25, -0.2) is 9.97 Å². The Morgan fingerprint density at radius 2 is 2.12 bits per heavy atom. The van der Waals surface area contributed by atoms with E-state index in [0.717, 1.165) is 6.54 Å². The summed E-state index contributed by atoms with van der Waals surface area (Å²) in [7, 11) is 3.57. The number of amides is 1. The van der Waals surface area contributed by atoms with Gasteiger partial charge in [0.15, 0.2) is 0 Å². The summed E-state index contributed by atoms with van der Waals surface area (Å²) >= 11 is 0. The Morgan fingerprint density at radius 1 is 1.50 bits per heavy atom. The molecule has 1 saturated carbocycles. The molecule has 0 unspecified atom stereocenters. The number of rotatable bonds is 4. The Kier molecular flexibility index (Phi) is 3.03. The van der Waals surface area contributed by atoms with Crippen LogP contribution in [0.15, 0.2) is 12.4 Å². The molecule has 0 spiro atoms. The van der Waals surface area contributed by atoms with E-state index in [1.807, 2.05) is 7.05 Å². The Labute approximate surface area is 94.9 Å². The van der Waals surface area contributed by atoms with Crippen LogP contribution in [0.3, 0.4) is 0 Å². The van der Waals surface area contributed by atoms with Gasteiger partial charge in [0.1, 0.15) is 0 Å². The second-order valence-corrected chi connectivity index (χ2v) is 4.17. The van der Waals surface area contributed by atoms with Crippen LogP contribution in [0.1, 0.15) is 23.2 Å². The number of nitrogens with one attached hydrogen (secondary N) is 1. The van der Waals surface area contributed by atoms with Crippen LogP contribution in [0.25, 0.3) is 0 Å². The first-order valence-electron chi connectivity index (χ1n) is 5.46. The summed E-state index contributed by atoms with van der Waals surface area (Å²) in [6.07, 6.45) is 5.61. The lowest BCUT2D eigenvalue weighted by Gasteiger charge is -2.16. The molecule has 1 aromatic heterocycles. The molecule has 1 aliphatic rings. The summed E-state index contributed by atoms with van der Waals surface area (Å²) in [4.78, 5) is 21.7. The molecule has 1 aromatic rings. The third-order valence-electron chi connectivity index (χ3n) is 2.70. The Bertz CT molecular complexity index is 372. The van der Waals surface area contributed by atoms with Gasteiger partial charge in [0.25, 0.3) is 5.91 Å². The molecule has 0 bridgehead atoms. The van der Waals surface area contributed by atoms with Crippen LogP contribution in [0, 0.1) is 5.92 Å². The predicted octanol–water partition coefficient (Wildman–Crippen LogP) is 1.00. The van der Waals surface area contributed by atoms with Gasteiger partial charge in [-0.3, -0.25) is 4.79 Å². The molecule has 1 heterocycles. The molecule has 1 amide bonds. The molecule has 2 rings (SSSR count). The fourth-order valence-electron chi connectivity index (χ4n) is 1.56. The van der Waals surface area contributed by atoms with Crippen molar-refractivity contribution in [2.75, 3.05) is 26.0 Å². The van der Waals surface area contributed by atoms with Crippen LogP contribution >= 0.6 is 0 Å². The maximum absolute atomic E-state index is 11.9. The quantitative estimate of drug-likeness (QED) is 0.822. The highest BCUT2D eigenvalue weighted by Crippen LogP contribution is 2.29. The molecule has 1 fully saturated rings. The van der Waals surface area contributed by atoms with Crippen LogP contribution in [-0.4, -0.2) is 41.4 Å². The maximum atomic E-state index is 11.9. The van der Waals surface area contributed by atoms with Crippen LogP contribution in [-0.2, 0) is 0 Å². The lowest BCUT2D eigenvalue weighted by molar-refractivity contribution is 0.0788. The van der Waals surface area contributed by atoms with E-state index in [2.05, 4.69) is 15.3 Å². The van der Waals surface area contributed by atoms with E-state index in [-0.39, 0.29) is 5.91 Å². The molecule has 5 heteroatoms. The monoisotopic (exact) mass is 220 g/mol. The van der Waals surface area contributed by atoms with Crippen LogP contribution in [0.2, 0.25) is 0 Å². The summed E-state index contributed by atoms with van der Waals surface area (Å²) in [5.41, 5.74) is 0.544. The van der Waals surface area contributed by atoms with Gasteiger partial charge in [0.05, 0.1) is 5.56 Å². The highest BCUT2D eigenvalue weighted by atomic mass is 16.2. The molecule has 0 saturated heterocycles. The molecule has 16 heavy (non-hydrogen) atoms. The zero-order valence-corrected chi connectivity index (χ0v) is 9.60.